The van der Waals surface area contributed by atoms with Crippen molar-refractivity contribution in [1.82, 2.24) is 9.62 Å². The minimum atomic E-state index is -3.53. The molecule has 0 heterocycles. The predicted octanol–water partition coefficient (Wildman–Crippen LogP) is 3.11. The lowest BCUT2D eigenvalue weighted by Crippen LogP contribution is -2.41. The maximum absolute atomic E-state index is 12.3. The van der Waals surface area contributed by atoms with Crippen LogP contribution < -0.4 is 4.72 Å². The smallest absolute Gasteiger partial charge is 0.240 e. The predicted molar refractivity (Wildman–Crippen MR) is 86.7 cm³/mol. The second-order valence-electron chi connectivity index (χ2n) is 4.58. The molecule has 0 spiro atoms. The van der Waals surface area contributed by atoms with E-state index < -0.39 is 10.0 Å². The molecule has 0 saturated heterocycles. The molecule has 20 heavy (non-hydrogen) atoms. The van der Waals surface area contributed by atoms with Gasteiger partial charge in [-0.15, -0.1) is 0 Å². The zero-order valence-electron chi connectivity index (χ0n) is 11.9. The van der Waals surface area contributed by atoms with E-state index >= 15 is 0 Å². The number of benzene rings is 1. The first kappa shape index (κ1) is 17.9. The molecule has 0 aliphatic rings. The lowest BCUT2D eigenvalue weighted by molar-refractivity contribution is 0.282. The van der Waals surface area contributed by atoms with Crippen molar-refractivity contribution in [3.63, 3.8) is 0 Å². The van der Waals surface area contributed by atoms with E-state index in [0.29, 0.717) is 16.0 Å². The molecule has 1 aromatic rings. The monoisotopic (exact) mass is 382 g/mol. The third kappa shape index (κ3) is 5.00. The van der Waals surface area contributed by atoms with Gasteiger partial charge in [0.2, 0.25) is 10.0 Å². The van der Waals surface area contributed by atoms with Gasteiger partial charge in [0.1, 0.15) is 0 Å². The highest BCUT2D eigenvalue weighted by atomic mass is 79.9. The lowest BCUT2D eigenvalue weighted by atomic mass is 10.3. The normalized spacial score (nSPS) is 13.7. The van der Waals surface area contributed by atoms with Gasteiger partial charge >= 0.3 is 0 Å². The van der Waals surface area contributed by atoms with Gasteiger partial charge in [0, 0.05) is 17.1 Å². The van der Waals surface area contributed by atoms with Crippen LogP contribution in [0.25, 0.3) is 0 Å². The molecule has 1 N–H and O–H groups in total. The number of nitrogens with zero attached hydrogens (tertiary/aromatic N) is 1. The van der Waals surface area contributed by atoms with E-state index in [9.17, 15) is 8.42 Å². The Balaban J connectivity index is 2.81. The van der Waals surface area contributed by atoms with Crippen LogP contribution in [0.2, 0.25) is 5.02 Å². The molecular weight excluding hydrogens is 364 g/mol. The quantitative estimate of drug-likeness (QED) is 0.787. The van der Waals surface area contributed by atoms with E-state index in [1.165, 1.54) is 12.1 Å². The summed E-state index contributed by atoms with van der Waals surface area (Å²) in [5.41, 5.74) is 0. The summed E-state index contributed by atoms with van der Waals surface area (Å²) in [7, 11) is -3.53. The number of nitrogens with one attached hydrogen (secondary N) is 1. The van der Waals surface area contributed by atoms with Crippen molar-refractivity contribution in [2.45, 2.75) is 31.7 Å². The van der Waals surface area contributed by atoms with Crippen molar-refractivity contribution in [1.29, 1.82) is 0 Å². The minimum Gasteiger partial charge on any atom is -0.302 e. The van der Waals surface area contributed by atoms with Crippen molar-refractivity contribution in [3.8, 4) is 0 Å². The molecule has 0 aliphatic heterocycles. The first-order valence-electron chi connectivity index (χ1n) is 6.49. The zero-order chi connectivity index (χ0) is 15.3. The SMILES string of the molecule is CCN(CC)CC(C)NS(=O)(=O)c1ccc(Cl)c(Br)c1. The van der Waals surface area contributed by atoms with Crippen molar-refractivity contribution in [2.24, 2.45) is 0 Å². The second-order valence-corrected chi connectivity index (χ2v) is 7.56. The molecular formula is C13H20BrClN2O2S. The van der Waals surface area contributed by atoms with Crippen LogP contribution >= 0.6 is 27.5 Å². The first-order valence-corrected chi connectivity index (χ1v) is 9.15. The summed E-state index contributed by atoms with van der Waals surface area (Å²) in [6.07, 6.45) is 0. The maximum atomic E-state index is 12.3. The molecule has 0 fully saturated rings. The summed E-state index contributed by atoms with van der Waals surface area (Å²) in [5, 5.41) is 0.486. The van der Waals surface area contributed by atoms with Gasteiger partial charge in [-0.05, 0) is 54.1 Å². The van der Waals surface area contributed by atoms with Gasteiger partial charge in [0.25, 0.3) is 0 Å². The Bertz CT molecular complexity index is 547. The van der Waals surface area contributed by atoms with Gasteiger partial charge in [-0.1, -0.05) is 25.4 Å². The number of likely N-dealkylation sites (N-methyl/N-ethyl adjacent to an activating group) is 1. The van der Waals surface area contributed by atoms with Gasteiger partial charge in [0.05, 0.1) is 9.92 Å². The van der Waals surface area contributed by atoms with E-state index in [2.05, 4.69) is 39.4 Å². The molecule has 0 aliphatic carbocycles. The highest BCUT2D eigenvalue weighted by molar-refractivity contribution is 9.10. The Hall–Kier alpha value is -0.140. The van der Waals surface area contributed by atoms with Crippen molar-refractivity contribution < 1.29 is 8.42 Å². The van der Waals surface area contributed by atoms with Crippen LogP contribution in [-0.2, 0) is 10.0 Å². The summed E-state index contributed by atoms with van der Waals surface area (Å²) >= 11 is 9.11. The average Bonchev–Trinajstić information content (AvgIpc) is 2.38. The topological polar surface area (TPSA) is 49.4 Å². The summed E-state index contributed by atoms with van der Waals surface area (Å²) < 4.78 is 27.8. The molecule has 0 radical (unpaired) electrons. The molecule has 1 aromatic carbocycles. The maximum Gasteiger partial charge on any atom is 0.240 e. The molecule has 1 rings (SSSR count). The zero-order valence-corrected chi connectivity index (χ0v) is 15.0. The number of hydrogen-bond acceptors (Lipinski definition) is 3. The Kier molecular flexibility index (Phi) is 6.94. The number of hydrogen-bond donors (Lipinski definition) is 1. The van der Waals surface area contributed by atoms with E-state index in [-0.39, 0.29) is 10.9 Å². The number of rotatable bonds is 7. The standard InChI is InChI=1S/C13H20BrClN2O2S/c1-4-17(5-2)9-10(3)16-20(18,19)11-6-7-13(15)12(14)8-11/h6-8,10,16H,4-5,9H2,1-3H3. The van der Waals surface area contributed by atoms with Gasteiger partial charge in [0.15, 0.2) is 0 Å². The van der Waals surface area contributed by atoms with E-state index in [1.807, 2.05) is 6.92 Å². The second kappa shape index (κ2) is 7.75. The summed E-state index contributed by atoms with van der Waals surface area (Å²) in [5.74, 6) is 0. The first-order chi connectivity index (χ1) is 9.30. The van der Waals surface area contributed by atoms with Crippen LogP contribution in [0, 0.1) is 0 Å². The van der Waals surface area contributed by atoms with Crippen LogP contribution in [-0.4, -0.2) is 39.0 Å². The third-order valence-electron chi connectivity index (χ3n) is 2.98. The number of sulfonamides is 1. The van der Waals surface area contributed by atoms with Crippen LogP contribution in [0.4, 0.5) is 0 Å². The molecule has 0 aromatic heterocycles. The fourth-order valence-electron chi connectivity index (χ4n) is 1.88. The largest absolute Gasteiger partial charge is 0.302 e. The van der Waals surface area contributed by atoms with Crippen LogP contribution in [0.1, 0.15) is 20.8 Å². The molecule has 1 unspecified atom stereocenters. The third-order valence-corrected chi connectivity index (χ3v) is 5.79. The summed E-state index contributed by atoms with van der Waals surface area (Å²) in [4.78, 5) is 2.38. The van der Waals surface area contributed by atoms with Crippen molar-refractivity contribution in [2.75, 3.05) is 19.6 Å². The molecule has 0 saturated carbocycles. The van der Waals surface area contributed by atoms with Crippen molar-refractivity contribution >= 4 is 37.6 Å². The highest BCUT2D eigenvalue weighted by Gasteiger charge is 2.19. The fraction of sp³-hybridized carbons (Fsp3) is 0.538. The lowest BCUT2D eigenvalue weighted by Gasteiger charge is -2.23. The van der Waals surface area contributed by atoms with E-state index in [4.69, 9.17) is 11.6 Å². The molecule has 1 atom stereocenters. The Morgan fingerprint density at radius 1 is 1.35 bits per heavy atom. The molecule has 4 nitrogen and oxygen atoms in total. The minimum absolute atomic E-state index is 0.158. The summed E-state index contributed by atoms with van der Waals surface area (Å²) in [6.45, 7) is 8.45. The van der Waals surface area contributed by atoms with Crippen molar-refractivity contribution in [3.05, 3.63) is 27.7 Å². The Morgan fingerprint density at radius 2 is 1.95 bits per heavy atom. The van der Waals surface area contributed by atoms with Crippen LogP contribution in [0.5, 0.6) is 0 Å². The molecule has 7 heteroatoms. The fourth-order valence-corrected chi connectivity index (χ4v) is 3.79. The van der Waals surface area contributed by atoms with Gasteiger partial charge in [-0.25, -0.2) is 13.1 Å². The Morgan fingerprint density at radius 3 is 2.45 bits per heavy atom. The van der Waals surface area contributed by atoms with Crippen LogP contribution in [0.3, 0.4) is 0 Å². The van der Waals surface area contributed by atoms with Gasteiger partial charge < -0.3 is 4.90 Å². The van der Waals surface area contributed by atoms with E-state index in [1.54, 1.807) is 6.07 Å². The van der Waals surface area contributed by atoms with Gasteiger partial charge in [-0.3, -0.25) is 0 Å². The molecule has 0 amide bonds. The van der Waals surface area contributed by atoms with E-state index in [0.717, 1.165) is 13.1 Å². The molecule has 114 valence electrons. The van der Waals surface area contributed by atoms with Gasteiger partial charge in [-0.2, -0.15) is 0 Å². The number of halogens is 2. The summed E-state index contributed by atoms with van der Waals surface area (Å²) in [6, 6.07) is 4.42. The Labute approximate surface area is 134 Å². The highest BCUT2D eigenvalue weighted by Crippen LogP contribution is 2.25. The average molecular weight is 384 g/mol. The molecule has 0 bridgehead atoms. The van der Waals surface area contributed by atoms with Crippen LogP contribution in [0.15, 0.2) is 27.6 Å².